The van der Waals surface area contributed by atoms with E-state index >= 15 is 0 Å². The van der Waals surface area contributed by atoms with Crippen LogP contribution in [0, 0.1) is 0 Å². The van der Waals surface area contributed by atoms with Crippen molar-refractivity contribution in [2.24, 2.45) is 0 Å². The summed E-state index contributed by atoms with van der Waals surface area (Å²) in [6.07, 6.45) is 7.92. The van der Waals surface area contributed by atoms with Crippen LogP contribution in [-0.2, 0) is 4.79 Å². The Morgan fingerprint density at radius 1 is 1.29 bits per heavy atom. The third kappa shape index (κ3) is 5.19. The Morgan fingerprint density at radius 2 is 2.00 bits per heavy atom. The fourth-order valence-electron chi connectivity index (χ4n) is 2.33. The Balaban J connectivity index is 1.67. The van der Waals surface area contributed by atoms with Crippen molar-refractivity contribution in [1.29, 1.82) is 0 Å². The van der Waals surface area contributed by atoms with Gasteiger partial charge >= 0.3 is 5.97 Å². The SMILES string of the molecule is O=C(O)CCCCCCNC(=O)c1cc(Br)cn1C1CC1. The molecule has 1 amide bonds. The fraction of sp³-hybridized carbons (Fsp3) is 0.600. The fourth-order valence-corrected chi connectivity index (χ4v) is 2.77. The minimum absolute atomic E-state index is 0.0295. The van der Waals surface area contributed by atoms with Gasteiger partial charge in [-0.2, -0.15) is 0 Å². The first-order valence-corrected chi connectivity index (χ1v) is 8.24. The molecule has 1 aliphatic rings. The average molecular weight is 357 g/mol. The second-order valence-corrected chi connectivity index (χ2v) is 6.41. The summed E-state index contributed by atoms with van der Waals surface area (Å²) in [7, 11) is 0. The van der Waals surface area contributed by atoms with Crippen molar-refractivity contribution in [3.63, 3.8) is 0 Å². The number of carbonyl (C=O) groups is 2. The Bertz CT molecular complexity index is 509. The van der Waals surface area contributed by atoms with Crippen molar-refractivity contribution in [3.8, 4) is 0 Å². The van der Waals surface area contributed by atoms with E-state index in [4.69, 9.17) is 5.11 Å². The minimum Gasteiger partial charge on any atom is -0.481 e. The number of nitrogens with one attached hydrogen (secondary N) is 1. The van der Waals surface area contributed by atoms with Crippen LogP contribution in [0.3, 0.4) is 0 Å². The zero-order valence-electron chi connectivity index (χ0n) is 12.0. The lowest BCUT2D eigenvalue weighted by Crippen LogP contribution is -2.26. The number of carboxylic acid groups (broad SMARTS) is 1. The van der Waals surface area contributed by atoms with Gasteiger partial charge in [-0.1, -0.05) is 12.8 Å². The van der Waals surface area contributed by atoms with Gasteiger partial charge in [-0.25, -0.2) is 0 Å². The van der Waals surface area contributed by atoms with Crippen LogP contribution in [0.1, 0.15) is 61.5 Å². The summed E-state index contributed by atoms with van der Waals surface area (Å²) in [6.45, 7) is 0.638. The molecule has 116 valence electrons. The van der Waals surface area contributed by atoms with E-state index in [1.165, 1.54) is 0 Å². The molecule has 0 bridgehead atoms. The monoisotopic (exact) mass is 356 g/mol. The Morgan fingerprint density at radius 3 is 2.67 bits per heavy atom. The molecule has 0 atom stereocenters. The summed E-state index contributed by atoms with van der Waals surface area (Å²) in [6, 6.07) is 2.34. The number of carbonyl (C=O) groups excluding carboxylic acids is 1. The van der Waals surface area contributed by atoms with Crippen LogP contribution in [-0.4, -0.2) is 28.1 Å². The largest absolute Gasteiger partial charge is 0.481 e. The Hall–Kier alpha value is -1.30. The third-order valence-corrected chi connectivity index (χ3v) is 4.02. The summed E-state index contributed by atoms with van der Waals surface area (Å²) < 4.78 is 2.99. The van der Waals surface area contributed by atoms with E-state index in [9.17, 15) is 9.59 Å². The molecule has 6 heteroatoms. The molecule has 1 aromatic heterocycles. The van der Waals surface area contributed by atoms with Gasteiger partial charge in [0.05, 0.1) is 0 Å². The molecule has 2 rings (SSSR count). The molecule has 1 aliphatic carbocycles. The van der Waals surface area contributed by atoms with E-state index in [-0.39, 0.29) is 12.3 Å². The van der Waals surface area contributed by atoms with E-state index in [2.05, 4.69) is 21.2 Å². The molecule has 1 fully saturated rings. The number of unbranched alkanes of at least 4 members (excludes halogenated alkanes) is 3. The lowest BCUT2D eigenvalue weighted by atomic mass is 10.1. The van der Waals surface area contributed by atoms with E-state index in [1.54, 1.807) is 0 Å². The van der Waals surface area contributed by atoms with Crippen LogP contribution in [0.4, 0.5) is 0 Å². The van der Waals surface area contributed by atoms with E-state index in [1.807, 2.05) is 16.8 Å². The highest BCUT2D eigenvalue weighted by Gasteiger charge is 2.27. The summed E-state index contributed by atoms with van der Waals surface area (Å²) in [4.78, 5) is 22.5. The summed E-state index contributed by atoms with van der Waals surface area (Å²) >= 11 is 3.42. The maximum atomic E-state index is 12.2. The van der Waals surface area contributed by atoms with Crippen molar-refractivity contribution in [3.05, 3.63) is 22.4 Å². The van der Waals surface area contributed by atoms with Crippen molar-refractivity contribution >= 4 is 27.8 Å². The second kappa shape index (κ2) is 7.64. The second-order valence-electron chi connectivity index (χ2n) is 5.50. The van der Waals surface area contributed by atoms with Crippen LogP contribution in [0.25, 0.3) is 0 Å². The quantitative estimate of drug-likeness (QED) is 0.666. The highest BCUT2D eigenvalue weighted by atomic mass is 79.9. The van der Waals surface area contributed by atoms with Crippen LogP contribution >= 0.6 is 15.9 Å². The van der Waals surface area contributed by atoms with Gasteiger partial charge in [0.15, 0.2) is 0 Å². The summed E-state index contributed by atoms with van der Waals surface area (Å²) in [5.41, 5.74) is 0.718. The summed E-state index contributed by atoms with van der Waals surface area (Å²) in [5, 5.41) is 11.5. The molecular formula is C15H21BrN2O3. The zero-order chi connectivity index (χ0) is 15.2. The van der Waals surface area contributed by atoms with Crippen molar-refractivity contribution in [1.82, 2.24) is 9.88 Å². The van der Waals surface area contributed by atoms with Gasteiger partial charge in [0.2, 0.25) is 0 Å². The molecule has 21 heavy (non-hydrogen) atoms. The predicted octanol–water partition coefficient (Wildman–Crippen LogP) is 3.35. The number of carboxylic acids is 1. The van der Waals surface area contributed by atoms with Gasteiger partial charge in [-0.3, -0.25) is 9.59 Å². The molecule has 0 aliphatic heterocycles. The highest BCUT2D eigenvalue weighted by molar-refractivity contribution is 9.10. The van der Waals surface area contributed by atoms with E-state index in [0.717, 1.165) is 42.3 Å². The number of aliphatic carboxylic acids is 1. The number of nitrogens with zero attached hydrogens (tertiary/aromatic N) is 1. The molecule has 0 unspecified atom stereocenters. The van der Waals surface area contributed by atoms with Gasteiger partial charge in [0.25, 0.3) is 5.91 Å². The smallest absolute Gasteiger partial charge is 0.303 e. The molecule has 0 saturated heterocycles. The molecule has 1 heterocycles. The van der Waals surface area contributed by atoms with Gasteiger partial charge in [0, 0.05) is 29.7 Å². The van der Waals surface area contributed by atoms with Gasteiger partial charge in [-0.15, -0.1) is 0 Å². The first-order chi connectivity index (χ1) is 10.1. The Labute approximate surface area is 132 Å². The number of aromatic nitrogens is 1. The normalized spacial score (nSPS) is 14.1. The van der Waals surface area contributed by atoms with Gasteiger partial charge in [0.1, 0.15) is 5.69 Å². The zero-order valence-corrected chi connectivity index (χ0v) is 13.6. The van der Waals surface area contributed by atoms with Crippen LogP contribution in [0.15, 0.2) is 16.7 Å². The van der Waals surface area contributed by atoms with Gasteiger partial charge < -0.3 is 15.0 Å². The topological polar surface area (TPSA) is 71.3 Å². The molecule has 2 N–H and O–H groups in total. The van der Waals surface area contributed by atoms with Crippen LogP contribution < -0.4 is 5.32 Å². The number of amides is 1. The number of rotatable bonds is 9. The maximum absolute atomic E-state index is 12.2. The number of halogens is 1. The number of hydrogen-bond acceptors (Lipinski definition) is 2. The molecular weight excluding hydrogens is 336 g/mol. The lowest BCUT2D eigenvalue weighted by Gasteiger charge is -2.08. The van der Waals surface area contributed by atoms with Crippen molar-refractivity contribution in [2.45, 2.75) is 51.0 Å². The molecule has 5 nitrogen and oxygen atoms in total. The molecule has 0 aromatic carbocycles. The number of hydrogen-bond donors (Lipinski definition) is 2. The first kappa shape index (κ1) is 16.1. The third-order valence-electron chi connectivity index (χ3n) is 3.59. The van der Waals surface area contributed by atoms with Gasteiger partial charge in [-0.05, 0) is 47.7 Å². The van der Waals surface area contributed by atoms with Crippen molar-refractivity contribution < 1.29 is 14.7 Å². The van der Waals surface area contributed by atoms with Crippen molar-refractivity contribution in [2.75, 3.05) is 6.54 Å². The standard InChI is InChI=1S/C15H21BrN2O3/c16-11-9-13(18(10-11)12-6-7-12)15(21)17-8-4-2-1-3-5-14(19)20/h9-10,12H,1-8H2,(H,17,21)(H,19,20). The average Bonchev–Trinajstić information content (AvgIpc) is 3.20. The molecule has 1 saturated carbocycles. The van der Waals surface area contributed by atoms with Crippen LogP contribution in [0.5, 0.6) is 0 Å². The van der Waals surface area contributed by atoms with E-state index in [0.29, 0.717) is 19.0 Å². The lowest BCUT2D eigenvalue weighted by molar-refractivity contribution is -0.137. The Kier molecular flexibility index (Phi) is 5.85. The minimum atomic E-state index is -0.741. The van der Waals surface area contributed by atoms with Crippen LogP contribution in [0.2, 0.25) is 0 Å². The predicted molar refractivity (Wildman–Crippen MR) is 83.5 cm³/mol. The maximum Gasteiger partial charge on any atom is 0.303 e. The molecule has 1 aromatic rings. The summed E-state index contributed by atoms with van der Waals surface area (Å²) in [5.74, 6) is -0.771. The highest BCUT2D eigenvalue weighted by Crippen LogP contribution is 2.37. The van der Waals surface area contributed by atoms with E-state index < -0.39 is 5.97 Å². The first-order valence-electron chi connectivity index (χ1n) is 7.45. The molecule has 0 spiro atoms. The molecule has 0 radical (unpaired) electrons.